The number of rotatable bonds is 14. The smallest absolute Gasteiger partial charge is 0.338 e. The number of carbonyl (C=O) groups is 4. The maximum Gasteiger partial charge on any atom is 0.338 e. The Morgan fingerprint density at radius 3 is 2.00 bits per heavy atom. The quantitative estimate of drug-likeness (QED) is 0.162. The summed E-state index contributed by atoms with van der Waals surface area (Å²) >= 11 is 0. The average Bonchev–Trinajstić information content (AvgIpc) is 2.90. The van der Waals surface area contributed by atoms with E-state index in [1.54, 1.807) is 24.3 Å². The van der Waals surface area contributed by atoms with Crippen LogP contribution in [-0.4, -0.2) is 62.2 Å². The second-order valence-electron chi connectivity index (χ2n) is 7.69. The summed E-state index contributed by atoms with van der Waals surface area (Å²) in [7, 11) is 0. The van der Waals surface area contributed by atoms with Crippen LogP contribution < -0.4 is 4.74 Å². The van der Waals surface area contributed by atoms with Gasteiger partial charge in [-0.25, -0.2) is 19.2 Å². The molecule has 1 aromatic rings. The number of hydrogen-bond donors (Lipinski definition) is 0. The molecule has 1 fully saturated rings. The van der Waals surface area contributed by atoms with Gasteiger partial charge in [0.15, 0.2) is 12.9 Å². The minimum atomic E-state index is -0.864. The van der Waals surface area contributed by atoms with Crippen LogP contribution in [-0.2, 0) is 38.1 Å². The molecule has 10 heteroatoms. The summed E-state index contributed by atoms with van der Waals surface area (Å²) in [4.78, 5) is 46.3. The van der Waals surface area contributed by atoms with Crippen molar-refractivity contribution in [3.05, 3.63) is 67.8 Å². The fraction of sp³-hybridized carbons (Fsp3) is 0.385. The summed E-state index contributed by atoms with van der Waals surface area (Å²) in [6, 6.07) is 6.27. The summed E-state index contributed by atoms with van der Waals surface area (Å²) in [5.41, 5.74) is 0.353. The van der Waals surface area contributed by atoms with E-state index in [4.69, 9.17) is 28.4 Å². The fourth-order valence-electron chi connectivity index (χ4n) is 3.22. The number of carbonyl (C=O) groups excluding carboxylic acids is 4. The van der Waals surface area contributed by atoms with Crippen LogP contribution in [0.5, 0.6) is 5.75 Å². The van der Waals surface area contributed by atoms with Gasteiger partial charge < -0.3 is 28.4 Å². The molecule has 36 heavy (non-hydrogen) atoms. The first-order valence-electron chi connectivity index (χ1n) is 11.3. The first kappa shape index (κ1) is 28.3. The van der Waals surface area contributed by atoms with Gasteiger partial charge in [-0.1, -0.05) is 19.7 Å². The van der Waals surface area contributed by atoms with Crippen LogP contribution in [0, 0.1) is 0 Å². The van der Waals surface area contributed by atoms with Gasteiger partial charge in [-0.05, 0) is 49.9 Å². The van der Waals surface area contributed by atoms with Crippen molar-refractivity contribution >= 4 is 23.9 Å². The summed E-state index contributed by atoms with van der Waals surface area (Å²) in [6.07, 6.45) is 4.51. The molecular formula is C26H30O10. The Kier molecular flexibility index (Phi) is 11.9. The molecule has 0 radical (unpaired) electrons. The molecule has 10 nitrogen and oxygen atoms in total. The van der Waals surface area contributed by atoms with Crippen LogP contribution in [0.15, 0.2) is 62.2 Å². The highest BCUT2D eigenvalue weighted by Crippen LogP contribution is 2.25. The zero-order chi connectivity index (χ0) is 26.3. The van der Waals surface area contributed by atoms with Gasteiger partial charge in [0.1, 0.15) is 25.1 Å². The Morgan fingerprint density at radius 1 is 0.806 bits per heavy atom. The van der Waals surface area contributed by atoms with Crippen LogP contribution in [0.25, 0.3) is 0 Å². The lowest BCUT2D eigenvalue weighted by Crippen LogP contribution is -2.30. The summed E-state index contributed by atoms with van der Waals surface area (Å²) in [5.74, 6) is -1.93. The van der Waals surface area contributed by atoms with E-state index < -0.39 is 30.0 Å². The number of ether oxygens (including phenoxy) is 6. The first-order valence-corrected chi connectivity index (χ1v) is 11.3. The second kappa shape index (κ2) is 15.2. The van der Waals surface area contributed by atoms with Gasteiger partial charge in [0.25, 0.3) is 0 Å². The number of esters is 4. The molecule has 194 valence electrons. The van der Waals surface area contributed by atoms with Crippen molar-refractivity contribution in [1.82, 2.24) is 0 Å². The Morgan fingerprint density at radius 2 is 1.39 bits per heavy atom. The lowest BCUT2D eigenvalue weighted by molar-refractivity contribution is -0.157. The van der Waals surface area contributed by atoms with E-state index in [9.17, 15) is 19.2 Å². The molecule has 1 aliphatic carbocycles. The lowest BCUT2D eigenvalue weighted by atomic mass is 9.95. The van der Waals surface area contributed by atoms with E-state index in [2.05, 4.69) is 19.7 Å². The van der Waals surface area contributed by atoms with Crippen molar-refractivity contribution < 1.29 is 47.6 Å². The maximum atomic E-state index is 12.5. The highest BCUT2D eigenvalue weighted by Gasteiger charge is 2.25. The molecule has 0 saturated heterocycles. The monoisotopic (exact) mass is 502 g/mol. The molecule has 0 aromatic heterocycles. The van der Waals surface area contributed by atoms with Gasteiger partial charge in [0.2, 0.25) is 0 Å². The molecule has 0 bridgehead atoms. The molecule has 1 saturated carbocycles. The molecular weight excluding hydrogens is 472 g/mol. The van der Waals surface area contributed by atoms with Crippen molar-refractivity contribution in [2.75, 3.05) is 20.0 Å². The van der Waals surface area contributed by atoms with Crippen molar-refractivity contribution in [2.24, 2.45) is 0 Å². The molecule has 0 amide bonds. The van der Waals surface area contributed by atoms with Crippen LogP contribution in [0.4, 0.5) is 0 Å². The Balaban J connectivity index is 1.78. The zero-order valence-electron chi connectivity index (χ0n) is 19.9. The molecule has 1 atom stereocenters. The van der Waals surface area contributed by atoms with E-state index in [0.29, 0.717) is 37.0 Å². The summed E-state index contributed by atoms with van der Waals surface area (Å²) in [6.45, 7) is 9.50. The van der Waals surface area contributed by atoms with Crippen molar-refractivity contribution in [3.8, 4) is 5.75 Å². The van der Waals surface area contributed by atoms with Crippen molar-refractivity contribution in [1.29, 1.82) is 0 Å². The van der Waals surface area contributed by atoms with E-state index >= 15 is 0 Å². The Hall–Kier alpha value is -3.92. The van der Waals surface area contributed by atoms with Gasteiger partial charge in [-0.15, -0.1) is 0 Å². The van der Waals surface area contributed by atoms with E-state index in [-0.39, 0.29) is 32.2 Å². The van der Waals surface area contributed by atoms with Crippen LogP contribution in [0.3, 0.4) is 0 Å². The van der Waals surface area contributed by atoms with Crippen LogP contribution in [0.1, 0.15) is 36.0 Å². The molecule has 0 N–H and O–H groups in total. The normalized spacial score (nSPS) is 17.6. The van der Waals surface area contributed by atoms with Gasteiger partial charge >= 0.3 is 23.9 Å². The van der Waals surface area contributed by atoms with E-state index in [0.717, 1.165) is 18.2 Å². The lowest BCUT2D eigenvalue weighted by Gasteiger charge is -2.28. The fourth-order valence-corrected chi connectivity index (χ4v) is 3.22. The average molecular weight is 503 g/mol. The number of hydrogen-bond acceptors (Lipinski definition) is 10. The van der Waals surface area contributed by atoms with Gasteiger partial charge in [0, 0.05) is 18.2 Å². The molecule has 1 unspecified atom stereocenters. The van der Waals surface area contributed by atoms with Gasteiger partial charge in [0.05, 0.1) is 11.7 Å². The summed E-state index contributed by atoms with van der Waals surface area (Å²) in [5, 5.41) is 0. The summed E-state index contributed by atoms with van der Waals surface area (Å²) < 4.78 is 31.5. The third-order valence-electron chi connectivity index (χ3n) is 5.12. The van der Waals surface area contributed by atoms with Crippen LogP contribution in [0.2, 0.25) is 0 Å². The molecule has 2 rings (SSSR count). The molecule has 0 heterocycles. The first-order chi connectivity index (χ1) is 17.3. The van der Waals surface area contributed by atoms with Gasteiger partial charge in [-0.2, -0.15) is 0 Å². The van der Waals surface area contributed by atoms with Crippen LogP contribution >= 0.6 is 0 Å². The highest BCUT2D eigenvalue weighted by atomic mass is 16.7. The highest BCUT2D eigenvalue weighted by molar-refractivity contribution is 5.89. The van der Waals surface area contributed by atoms with Crippen molar-refractivity contribution in [3.63, 3.8) is 0 Å². The van der Waals surface area contributed by atoms with Crippen molar-refractivity contribution in [2.45, 2.75) is 44.0 Å². The predicted molar refractivity (Wildman–Crippen MR) is 127 cm³/mol. The van der Waals surface area contributed by atoms with E-state index in [1.165, 1.54) is 0 Å². The predicted octanol–water partition coefficient (Wildman–Crippen LogP) is 3.06. The zero-order valence-corrected chi connectivity index (χ0v) is 19.9. The molecule has 1 aromatic carbocycles. The Labute approximate surface area is 209 Å². The third kappa shape index (κ3) is 10.1. The largest absolute Gasteiger partial charge is 0.490 e. The maximum absolute atomic E-state index is 12.5. The SMILES string of the molecule is C=CC(=O)OCOC1CCC(OC(=O)c2ccc(OCC(COC(=O)C=C)OC(=O)C=C)cc2)CC1. The molecule has 0 spiro atoms. The minimum Gasteiger partial charge on any atom is -0.490 e. The second-order valence-corrected chi connectivity index (χ2v) is 7.69. The standard InChI is InChI=1S/C26H30O10/c1-4-23(27)32-16-22(35-25(29)6-3)15-31-19-9-7-18(8-10-19)26(30)36-21-13-11-20(12-14-21)33-17-34-24(28)5-2/h4-10,20-22H,1-3,11-17H2. The number of benzene rings is 1. The molecule has 0 aliphatic heterocycles. The molecule has 1 aliphatic rings. The third-order valence-corrected chi connectivity index (χ3v) is 5.12. The Bertz CT molecular complexity index is 929. The topological polar surface area (TPSA) is 124 Å². The van der Waals surface area contributed by atoms with E-state index in [1.807, 2.05) is 0 Å². The minimum absolute atomic E-state index is 0.0659. The van der Waals surface area contributed by atoms with Gasteiger partial charge in [-0.3, -0.25) is 0 Å².